The molecule has 134 valence electrons. The highest BCUT2D eigenvalue weighted by Crippen LogP contribution is 2.14. The van der Waals surface area contributed by atoms with Gasteiger partial charge in [0.05, 0.1) is 4.90 Å². The number of ether oxygens (including phenoxy) is 2. The molecule has 1 rings (SSSR count). The third-order valence-corrected chi connectivity index (χ3v) is 4.32. The first kappa shape index (κ1) is 20.1. The number of carbonyl (C=O) groups is 2. The lowest BCUT2D eigenvalue weighted by atomic mass is 10.2. The van der Waals surface area contributed by atoms with E-state index in [1.54, 1.807) is 26.0 Å². The van der Waals surface area contributed by atoms with Gasteiger partial charge < -0.3 is 9.47 Å². The lowest BCUT2D eigenvalue weighted by molar-refractivity contribution is -0.160. The van der Waals surface area contributed by atoms with Gasteiger partial charge >= 0.3 is 11.9 Å². The molecular formula is C16H22O7S. The van der Waals surface area contributed by atoms with Gasteiger partial charge in [0.2, 0.25) is 0 Å². The standard InChI is InChI=1S/C16H22O7S/c1-4-15(17)21-10-13(23-16(18)5-2)11-22-24(19,20)14-8-6-12(3)7-9-14/h6-9,13H,4-5,10-11H2,1-3H3/t13-/m1/s1. The predicted molar refractivity (Wildman–Crippen MR) is 85.7 cm³/mol. The summed E-state index contributed by atoms with van der Waals surface area (Å²) in [7, 11) is -3.99. The van der Waals surface area contributed by atoms with Crippen molar-refractivity contribution in [2.24, 2.45) is 0 Å². The Balaban J connectivity index is 2.72. The minimum absolute atomic E-state index is 0.000721. The molecule has 0 heterocycles. The first-order valence-electron chi connectivity index (χ1n) is 7.59. The van der Waals surface area contributed by atoms with Crippen LogP contribution >= 0.6 is 0 Å². The van der Waals surface area contributed by atoms with Gasteiger partial charge in [0.25, 0.3) is 10.1 Å². The summed E-state index contributed by atoms with van der Waals surface area (Å²) in [6, 6.07) is 6.14. The van der Waals surface area contributed by atoms with Gasteiger partial charge in [-0.25, -0.2) is 0 Å². The van der Waals surface area contributed by atoms with E-state index in [9.17, 15) is 18.0 Å². The van der Waals surface area contributed by atoms with Crippen molar-refractivity contribution in [2.75, 3.05) is 13.2 Å². The Morgan fingerprint density at radius 1 is 1.00 bits per heavy atom. The summed E-state index contributed by atoms with van der Waals surface area (Å²) in [5.41, 5.74) is 0.912. The molecule has 0 N–H and O–H groups in total. The highest BCUT2D eigenvalue weighted by atomic mass is 32.2. The maximum absolute atomic E-state index is 12.1. The Labute approximate surface area is 142 Å². The fourth-order valence-corrected chi connectivity index (χ4v) is 2.55. The first-order valence-corrected chi connectivity index (χ1v) is 9.00. The molecule has 0 aliphatic rings. The third kappa shape index (κ3) is 6.67. The van der Waals surface area contributed by atoms with Crippen molar-refractivity contribution in [3.8, 4) is 0 Å². The number of esters is 2. The summed E-state index contributed by atoms with van der Waals surface area (Å²) in [4.78, 5) is 22.6. The number of hydrogen-bond acceptors (Lipinski definition) is 7. The Morgan fingerprint density at radius 2 is 1.58 bits per heavy atom. The molecular weight excluding hydrogens is 336 g/mol. The maximum atomic E-state index is 12.1. The van der Waals surface area contributed by atoms with Crippen molar-refractivity contribution in [2.45, 2.75) is 44.6 Å². The zero-order valence-corrected chi connectivity index (χ0v) is 14.8. The Hall–Kier alpha value is -1.93. The van der Waals surface area contributed by atoms with Crippen LogP contribution in [0.2, 0.25) is 0 Å². The van der Waals surface area contributed by atoms with E-state index in [4.69, 9.17) is 13.7 Å². The molecule has 0 fully saturated rings. The maximum Gasteiger partial charge on any atom is 0.305 e. The van der Waals surface area contributed by atoms with Crippen LogP contribution < -0.4 is 0 Å². The van der Waals surface area contributed by atoms with E-state index in [-0.39, 0.29) is 24.3 Å². The number of hydrogen-bond donors (Lipinski definition) is 0. The van der Waals surface area contributed by atoms with Crippen LogP contribution in [-0.2, 0) is 33.4 Å². The van der Waals surface area contributed by atoms with Crippen LogP contribution in [0.1, 0.15) is 32.3 Å². The van der Waals surface area contributed by atoms with Gasteiger partial charge in [-0.05, 0) is 19.1 Å². The largest absolute Gasteiger partial charge is 0.462 e. The molecule has 0 amide bonds. The molecule has 1 aromatic rings. The average molecular weight is 358 g/mol. The first-order chi connectivity index (χ1) is 11.3. The Morgan fingerprint density at radius 3 is 2.12 bits per heavy atom. The lowest BCUT2D eigenvalue weighted by Crippen LogP contribution is -2.30. The van der Waals surface area contributed by atoms with Crippen molar-refractivity contribution in [3.63, 3.8) is 0 Å². The van der Waals surface area contributed by atoms with Gasteiger partial charge in [0.15, 0.2) is 6.10 Å². The molecule has 0 aliphatic heterocycles. The number of aryl methyl sites for hydroxylation is 1. The van der Waals surface area contributed by atoms with Gasteiger partial charge in [0, 0.05) is 12.8 Å². The zero-order valence-electron chi connectivity index (χ0n) is 14.0. The fourth-order valence-electron chi connectivity index (χ4n) is 1.61. The van der Waals surface area contributed by atoms with E-state index >= 15 is 0 Å². The van der Waals surface area contributed by atoms with E-state index < -0.39 is 34.8 Å². The summed E-state index contributed by atoms with van der Waals surface area (Å²) < 4.78 is 39.1. The molecule has 7 nitrogen and oxygen atoms in total. The molecule has 24 heavy (non-hydrogen) atoms. The molecule has 0 unspecified atom stereocenters. The van der Waals surface area contributed by atoms with Crippen LogP contribution in [0.4, 0.5) is 0 Å². The molecule has 0 radical (unpaired) electrons. The van der Waals surface area contributed by atoms with Crippen LogP contribution in [0.15, 0.2) is 29.2 Å². The van der Waals surface area contributed by atoms with Crippen LogP contribution in [0.5, 0.6) is 0 Å². The van der Waals surface area contributed by atoms with Crippen molar-refractivity contribution < 1.29 is 31.7 Å². The summed E-state index contributed by atoms with van der Waals surface area (Å²) in [5.74, 6) is -1.02. The number of rotatable bonds is 9. The summed E-state index contributed by atoms with van der Waals surface area (Å²) in [5, 5.41) is 0. The Kier molecular flexibility index (Phi) is 7.87. The lowest BCUT2D eigenvalue weighted by Gasteiger charge is -2.17. The summed E-state index contributed by atoms with van der Waals surface area (Å²) in [6.45, 7) is 4.36. The van der Waals surface area contributed by atoms with Gasteiger partial charge in [-0.2, -0.15) is 8.42 Å². The molecule has 0 bridgehead atoms. The van der Waals surface area contributed by atoms with Crippen molar-refractivity contribution in [3.05, 3.63) is 29.8 Å². The third-order valence-electron chi connectivity index (χ3n) is 3.02. The van der Waals surface area contributed by atoms with E-state index in [1.807, 2.05) is 6.92 Å². The highest BCUT2D eigenvalue weighted by Gasteiger charge is 2.22. The van der Waals surface area contributed by atoms with E-state index in [2.05, 4.69) is 0 Å². The molecule has 8 heteroatoms. The highest BCUT2D eigenvalue weighted by molar-refractivity contribution is 7.86. The summed E-state index contributed by atoms with van der Waals surface area (Å²) in [6.07, 6.45) is -0.715. The molecule has 0 spiro atoms. The van der Waals surface area contributed by atoms with Gasteiger partial charge in [0.1, 0.15) is 13.2 Å². The average Bonchev–Trinajstić information content (AvgIpc) is 2.57. The number of carbonyl (C=O) groups excluding carboxylic acids is 2. The van der Waals surface area contributed by atoms with Gasteiger partial charge in [-0.3, -0.25) is 13.8 Å². The summed E-state index contributed by atoms with van der Waals surface area (Å²) >= 11 is 0. The second-order valence-electron chi connectivity index (χ2n) is 5.05. The van der Waals surface area contributed by atoms with Crippen molar-refractivity contribution in [1.29, 1.82) is 0 Å². The van der Waals surface area contributed by atoms with Crippen molar-refractivity contribution >= 4 is 22.1 Å². The zero-order chi connectivity index (χ0) is 18.2. The number of benzene rings is 1. The second-order valence-corrected chi connectivity index (χ2v) is 6.67. The van der Waals surface area contributed by atoms with E-state index in [0.717, 1.165) is 5.56 Å². The Bertz CT molecular complexity index is 650. The van der Waals surface area contributed by atoms with E-state index in [1.165, 1.54) is 12.1 Å². The monoisotopic (exact) mass is 358 g/mol. The predicted octanol–water partition coefficient (Wildman–Crippen LogP) is 1.98. The minimum Gasteiger partial charge on any atom is -0.462 e. The van der Waals surface area contributed by atoms with Crippen LogP contribution in [0.3, 0.4) is 0 Å². The molecule has 0 saturated carbocycles. The quantitative estimate of drug-likeness (QED) is 0.492. The normalized spacial score (nSPS) is 12.5. The van der Waals surface area contributed by atoms with Crippen molar-refractivity contribution in [1.82, 2.24) is 0 Å². The molecule has 0 saturated heterocycles. The molecule has 1 atom stereocenters. The van der Waals surface area contributed by atoms with Gasteiger partial charge in [-0.1, -0.05) is 31.5 Å². The minimum atomic E-state index is -3.99. The second kappa shape index (κ2) is 9.39. The van der Waals surface area contributed by atoms with Crippen LogP contribution in [0.25, 0.3) is 0 Å². The molecule has 1 aromatic carbocycles. The van der Waals surface area contributed by atoms with Crippen LogP contribution in [-0.4, -0.2) is 39.7 Å². The smallest absolute Gasteiger partial charge is 0.305 e. The SMILES string of the molecule is CCC(=O)OC[C@H](COS(=O)(=O)c1ccc(C)cc1)OC(=O)CC. The topological polar surface area (TPSA) is 96.0 Å². The van der Waals surface area contributed by atoms with Crippen LogP contribution in [0, 0.1) is 6.92 Å². The fraction of sp³-hybridized carbons (Fsp3) is 0.500. The molecule has 0 aromatic heterocycles. The van der Waals surface area contributed by atoms with E-state index in [0.29, 0.717) is 0 Å². The molecule has 0 aliphatic carbocycles. The van der Waals surface area contributed by atoms with Gasteiger partial charge in [-0.15, -0.1) is 0 Å².